The number of pyridine rings is 1. The Hall–Kier alpha value is -2.62. The molecule has 128 valence electrons. The van der Waals surface area contributed by atoms with Gasteiger partial charge in [0, 0.05) is 47.0 Å². The van der Waals surface area contributed by atoms with E-state index in [0.29, 0.717) is 12.5 Å². The first-order chi connectivity index (χ1) is 12.2. The molecule has 2 heterocycles. The van der Waals surface area contributed by atoms with Crippen molar-refractivity contribution in [3.05, 3.63) is 65.1 Å². The SMILES string of the molecule is C[C@@H]1CCc2[nH]c3ccc(C(=O)NCCc4ccccn4)cc3c2C1. The highest BCUT2D eigenvalue weighted by Crippen LogP contribution is 2.32. The summed E-state index contributed by atoms with van der Waals surface area (Å²) < 4.78 is 0. The van der Waals surface area contributed by atoms with Crippen molar-refractivity contribution in [1.82, 2.24) is 15.3 Å². The molecule has 0 saturated heterocycles. The van der Waals surface area contributed by atoms with Crippen molar-refractivity contribution in [1.29, 1.82) is 0 Å². The summed E-state index contributed by atoms with van der Waals surface area (Å²) in [7, 11) is 0. The number of hydrogen-bond donors (Lipinski definition) is 2. The molecule has 0 radical (unpaired) electrons. The van der Waals surface area contributed by atoms with Gasteiger partial charge in [-0.15, -0.1) is 0 Å². The number of H-pyrrole nitrogens is 1. The molecule has 4 rings (SSSR count). The van der Waals surface area contributed by atoms with Gasteiger partial charge in [0.25, 0.3) is 5.91 Å². The molecule has 0 saturated carbocycles. The first-order valence-electron chi connectivity index (χ1n) is 9.02. The van der Waals surface area contributed by atoms with Crippen LogP contribution >= 0.6 is 0 Å². The molecule has 1 aliphatic rings. The average molecular weight is 333 g/mol. The zero-order valence-electron chi connectivity index (χ0n) is 14.5. The van der Waals surface area contributed by atoms with Gasteiger partial charge >= 0.3 is 0 Å². The Labute approximate surface area is 147 Å². The van der Waals surface area contributed by atoms with Crippen LogP contribution < -0.4 is 5.32 Å². The van der Waals surface area contributed by atoms with Crippen LogP contribution in [0, 0.1) is 5.92 Å². The van der Waals surface area contributed by atoms with Gasteiger partial charge in [0.05, 0.1) is 0 Å². The molecule has 25 heavy (non-hydrogen) atoms. The molecular formula is C21H23N3O. The number of aryl methyl sites for hydroxylation is 1. The zero-order chi connectivity index (χ0) is 17.2. The molecular weight excluding hydrogens is 310 g/mol. The minimum absolute atomic E-state index is 0.0170. The quantitative estimate of drug-likeness (QED) is 0.765. The van der Waals surface area contributed by atoms with Gasteiger partial charge in [-0.2, -0.15) is 0 Å². The molecule has 2 aromatic heterocycles. The molecule has 1 aliphatic carbocycles. The first kappa shape index (κ1) is 15.9. The molecule has 0 bridgehead atoms. The summed E-state index contributed by atoms with van der Waals surface area (Å²) in [5.41, 5.74) is 5.61. The van der Waals surface area contributed by atoms with Gasteiger partial charge in [-0.05, 0) is 61.1 Å². The van der Waals surface area contributed by atoms with E-state index in [4.69, 9.17) is 0 Å². The minimum Gasteiger partial charge on any atom is -0.358 e. The van der Waals surface area contributed by atoms with Crippen molar-refractivity contribution in [2.24, 2.45) is 5.92 Å². The second kappa shape index (κ2) is 6.71. The van der Waals surface area contributed by atoms with Crippen molar-refractivity contribution < 1.29 is 4.79 Å². The average Bonchev–Trinajstić information content (AvgIpc) is 2.99. The Morgan fingerprint density at radius 1 is 1.32 bits per heavy atom. The van der Waals surface area contributed by atoms with E-state index in [2.05, 4.69) is 22.2 Å². The third kappa shape index (κ3) is 3.29. The number of carbonyl (C=O) groups excluding carboxylic acids is 1. The summed E-state index contributed by atoms with van der Waals surface area (Å²) in [6, 6.07) is 11.8. The molecule has 0 aliphatic heterocycles. The van der Waals surface area contributed by atoms with Gasteiger partial charge in [-0.25, -0.2) is 0 Å². The smallest absolute Gasteiger partial charge is 0.251 e. The van der Waals surface area contributed by atoms with Crippen LogP contribution in [-0.4, -0.2) is 22.4 Å². The summed E-state index contributed by atoms with van der Waals surface area (Å²) in [6.45, 7) is 2.89. The Balaban J connectivity index is 1.49. The van der Waals surface area contributed by atoms with Gasteiger partial charge in [-0.1, -0.05) is 13.0 Å². The predicted molar refractivity (Wildman–Crippen MR) is 99.8 cm³/mol. The third-order valence-electron chi connectivity index (χ3n) is 5.09. The zero-order valence-corrected chi connectivity index (χ0v) is 14.5. The van der Waals surface area contributed by atoms with E-state index in [1.165, 1.54) is 23.1 Å². The number of nitrogens with one attached hydrogen (secondary N) is 2. The summed E-state index contributed by atoms with van der Waals surface area (Å²) in [6.07, 6.45) is 5.96. The van der Waals surface area contributed by atoms with Crippen LogP contribution in [0.4, 0.5) is 0 Å². The fraction of sp³-hybridized carbons (Fsp3) is 0.333. The number of carbonyl (C=O) groups is 1. The fourth-order valence-corrected chi connectivity index (χ4v) is 3.68. The van der Waals surface area contributed by atoms with Gasteiger partial charge in [0.2, 0.25) is 0 Å². The third-order valence-corrected chi connectivity index (χ3v) is 5.09. The lowest BCUT2D eigenvalue weighted by Crippen LogP contribution is -2.25. The Morgan fingerprint density at radius 2 is 2.24 bits per heavy atom. The molecule has 4 heteroatoms. The molecule has 1 amide bonds. The maximum absolute atomic E-state index is 12.5. The van der Waals surface area contributed by atoms with Gasteiger partial charge in [-0.3, -0.25) is 9.78 Å². The molecule has 1 atom stereocenters. The number of nitrogens with zero attached hydrogens (tertiary/aromatic N) is 1. The van der Waals surface area contributed by atoms with Crippen LogP contribution in [0.3, 0.4) is 0 Å². The molecule has 0 unspecified atom stereocenters. The second-order valence-electron chi connectivity index (χ2n) is 7.02. The number of benzene rings is 1. The lowest BCUT2D eigenvalue weighted by molar-refractivity contribution is 0.0954. The van der Waals surface area contributed by atoms with E-state index in [0.717, 1.165) is 36.0 Å². The summed E-state index contributed by atoms with van der Waals surface area (Å²) in [5.74, 6) is 0.694. The van der Waals surface area contributed by atoms with E-state index in [-0.39, 0.29) is 5.91 Å². The topological polar surface area (TPSA) is 57.8 Å². The van der Waals surface area contributed by atoms with Crippen molar-refractivity contribution in [2.75, 3.05) is 6.54 Å². The number of aromatic nitrogens is 2. The van der Waals surface area contributed by atoms with Gasteiger partial charge < -0.3 is 10.3 Å². The molecule has 0 spiro atoms. The molecule has 3 aromatic rings. The number of amides is 1. The van der Waals surface area contributed by atoms with E-state index in [1.54, 1.807) is 6.20 Å². The maximum Gasteiger partial charge on any atom is 0.251 e. The Bertz CT molecular complexity index is 898. The van der Waals surface area contributed by atoms with Crippen molar-refractivity contribution in [3.63, 3.8) is 0 Å². The lowest BCUT2D eigenvalue weighted by Gasteiger charge is -2.18. The van der Waals surface area contributed by atoms with Crippen molar-refractivity contribution >= 4 is 16.8 Å². The van der Waals surface area contributed by atoms with E-state index < -0.39 is 0 Å². The highest BCUT2D eigenvalue weighted by atomic mass is 16.1. The fourth-order valence-electron chi connectivity index (χ4n) is 3.68. The first-order valence-corrected chi connectivity index (χ1v) is 9.02. The van der Waals surface area contributed by atoms with Gasteiger partial charge in [0.1, 0.15) is 0 Å². The molecule has 2 N–H and O–H groups in total. The highest BCUT2D eigenvalue weighted by Gasteiger charge is 2.20. The normalized spacial score (nSPS) is 16.6. The lowest BCUT2D eigenvalue weighted by atomic mass is 9.87. The molecule has 0 fully saturated rings. The van der Waals surface area contributed by atoms with Crippen LogP contribution in [-0.2, 0) is 19.3 Å². The van der Waals surface area contributed by atoms with E-state index in [1.807, 2.05) is 36.4 Å². The summed E-state index contributed by atoms with van der Waals surface area (Å²) >= 11 is 0. The van der Waals surface area contributed by atoms with Crippen molar-refractivity contribution in [2.45, 2.75) is 32.6 Å². The van der Waals surface area contributed by atoms with E-state index in [9.17, 15) is 4.79 Å². The predicted octanol–water partition coefficient (Wildman–Crippen LogP) is 3.66. The van der Waals surface area contributed by atoms with Crippen LogP contribution in [0.1, 0.15) is 40.7 Å². The van der Waals surface area contributed by atoms with Crippen LogP contribution in [0.25, 0.3) is 10.9 Å². The van der Waals surface area contributed by atoms with Crippen LogP contribution in [0.2, 0.25) is 0 Å². The minimum atomic E-state index is -0.0170. The van der Waals surface area contributed by atoms with E-state index >= 15 is 0 Å². The number of hydrogen-bond acceptors (Lipinski definition) is 2. The monoisotopic (exact) mass is 333 g/mol. The Morgan fingerprint density at radius 3 is 3.08 bits per heavy atom. The molecule has 4 nitrogen and oxygen atoms in total. The van der Waals surface area contributed by atoms with Gasteiger partial charge in [0.15, 0.2) is 0 Å². The number of rotatable bonds is 4. The number of aromatic amines is 1. The second-order valence-corrected chi connectivity index (χ2v) is 7.02. The summed E-state index contributed by atoms with van der Waals surface area (Å²) in [5, 5.41) is 4.21. The largest absolute Gasteiger partial charge is 0.358 e. The summed E-state index contributed by atoms with van der Waals surface area (Å²) in [4.78, 5) is 20.3. The van der Waals surface area contributed by atoms with Crippen LogP contribution in [0.15, 0.2) is 42.6 Å². The maximum atomic E-state index is 12.5. The molecule has 1 aromatic carbocycles. The van der Waals surface area contributed by atoms with Crippen LogP contribution in [0.5, 0.6) is 0 Å². The van der Waals surface area contributed by atoms with Crippen molar-refractivity contribution in [3.8, 4) is 0 Å². The standard InChI is InChI=1S/C21H23N3O/c1-14-5-7-19-17(12-14)18-13-15(6-8-20(18)24-19)21(25)23-11-9-16-4-2-3-10-22-16/h2-4,6,8,10,13-14,24H,5,7,9,11-12H2,1H3,(H,23,25)/t14-/m1/s1. The Kier molecular flexibility index (Phi) is 4.26. The highest BCUT2D eigenvalue weighted by molar-refractivity contribution is 5.99. The number of fused-ring (bicyclic) bond motifs is 3.